The maximum Gasteiger partial charge on any atom is 0.244 e. The van der Waals surface area contributed by atoms with Crippen LogP contribution in [0.1, 0.15) is 32.8 Å². The predicted octanol–water partition coefficient (Wildman–Crippen LogP) is 3.58. The number of amides is 2. The van der Waals surface area contributed by atoms with E-state index in [4.69, 9.17) is 11.6 Å². The number of rotatable bonds is 10. The van der Waals surface area contributed by atoms with Crippen molar-refractivity contribution in [3.8, 4) is 0 Å². The van der Waals surface area contributed by atoms with Crippen molar-refractivity contribution >= 4 is 39.1 Å². The van der Waals surface area contributed by atoms with Gasteiger partial charge in [-0.3, -0.25) is 13.9 Å². The SMILES string of the molecule is CC[C@H](C)NC(=O)[C@@H](C)N(Cc1ccccc1Cl)C(=O)CN(c1ccc(F)cc1)S(C)(=O)=O. The zero-order valence-corrected chi connectivity index (χ0v) is 20.7. The number of nitrogens with zero attached hydrogens (tertiary/aromatic N) is 2. The molecule has 10 heteroatoms. The topological polar surface area (TPSA) is 86.8 Å². The Morgan fingerprint density at radius 3 is 2.24 bits per heavy atom. The van der Waals surface area contributed by atoms with Crippen LogP contribution in [0.25, 0.3) is 0 Å². The zero-order chi connectivity index (χ0) is 24.8. The highest BCUT2D eigenvalue weighted by molar-refractivity contribution is 7.92. The normalized spacial score (nSPS) is 13.2. The number of benzene rings is 2. The Hall–Kier alpha value is -2.65. The van der Waals surface area contributed by atoms with E-state index >= 15 is 0 Å². The summed E-state index contributed by atoms with van der Waals surface area (Å²) in [5.41, 5.74) is 0.755. The summed E-state index contributed by atoms with van der Waals surface area (Å²) in [4.78, 5) is 27.5. The summed E-state index contributed by atoms with van der Waals surface area (Å²) in [7, 11) is -3.87. The van der Waals surface area contributed by atoms with Crippen LogP contribution in [-0.2, 0) is 26.2 Å². The molecule has 33 heavy (non-hydrogen) atoms. The molecule has 2 aromatic rings. The Morgan fingerprint density at radius 2 is 1.70 bits per heavy atom. The number of hydrogen-bond donors (Lipinski definition) is 1. The zero-order valence-electron chi connectivity index (χ0n) is 19.1. The van der Waals surface area contributed by atoms with Crippen molar-refractivity contribution < 1.29 is 22.4 Å². The first kappa shape index (κ1) is 26.6. The number of carbonyl (C=O) groups excluding carboxylic acids is 2. The van der Waals surface area contributed by atoms with E-state index in [1.807, 2.05) is 13.8 Å². The first-order valence-electron chi connectivity index (χ1n) is 10.5. The molecule has 0 bridgehead atoms. The van der Waals surface area contributed by atoms with Crippen LogP contribution in [0.3, 0.4) is 0 Å². The Balaban J connectivity index is 2.39. The third-order valence-corrected chi connectivity index (χ3v) is 6.77. The average molecular weight is 498 g/mol. The summed E-state index contributed by atoms with van der Waals surface area (Å²) < 4.78 is 39.1. The third kappa shape index (κ3) is 7.43. The van der Waals surface area contributed by atoms with E-state index in [1.165, 1.54) is 17.0 Å². The molecule has 0 spiro atoms. The van der Waals surface area contributed by atoms with Crippen LogP contribution >= 0.6 is 11.6 Å². The number of halogens is 2. The van der Waals surface area contributed by atoms with E-state index in [2.05, 4.69) is 5.32 Å². The van der Waals surface area contributed by atoms with Crippen LogP contribution < -0.4 is 9.62 Å². The smallest absolute Gasteiger partial charge is 0.244 e. The lowest BCUT2D eigenvalue weighted by atomic mass is 10.1. The Bertz CT molecular complexity index is 1080. The first-order chi connectivity index (χ1) is 15.4. The van der Waals surface area contributed by atoms with Gasteiger partial charge >= 0.3 is 0 Å². The van der Waals surface area contributed by atoms with Crippen molar-refractivity contribution in [1.82, 2.24) is 10.2 Å². The van der Waals surface area contributed by atoms with Crippen molar-refractivity contribution in [3.63, 3.8) is 0 Å². The maximum absolute atomic E-state index is 13.4. The molecule has 2 amide bonds. The lowest BCUT2D eigenvalue weighted by Crippen LogP contribution is -2.52. The summed E-state index contributed by atoms with van der Waals surface area (Å²) in [6.07, 6.45) is 1.67. The van der Waals surface area contributed by atoms with Crippen molar-refractivity contribution in [1.29, 1.82) is 0 Å². The van der Waals surface area contributed by atoms with Gasteiger partial charge in [-0.15, -0.1) is 0 Å². The summed E-state index contributed by atoms with van der Waals surface area (Å²) >= 11 is 6.27. The molecule has 2 aromatic carbocycles. The number of hydrogen-bond acceptors (Lipinski definition) is 4. The van der Waals surface area contributed by atoms with E-state index in [0.29, 0.717) is 17.0 Å². The first-order valence-corrected chi connectivity index (χ1v) is 12.7. The van der Waals surface area contributed by atoms with E-state index < -0.39 is 34.3 Å². The molecule has 0 fully saturated rings. The van der Waals surface area contributed by atoms with E-state index in [-0.39, 0.29) is 24.2 Å². The largest absolute Gasteiger partial charge is 0.352 e. The minimum atomic E-state index is -3.87. The molecule has 0 radical (unpaired) electrons. The van der Waals surface area contributed by atoms with Gasteiger partial charge in [-0.2, -0.15) is 0 Å². The van der Waals surface area contributed by atoms with Crippen LogP contribution in [0, 0.1) is 5.82 Å². The molecule has 0 unspecified atom stereocenters. The Labute approximate surface area is 199 Å². The highest BCUT2D eigenvalue weighted by Gasteiger charge is 2.30. The minimum absolute atomic E-state index is 0.00855. The molecule has 0 aliphatic heterocycles. The second kappa shape index (κ2) is 11.5. The Kier molecular flexibility index (Phi) is 9.25. The molecular formula is C23H29ClFN3O4S. The number of carbonyl (C=O) groups is 2. The number of nitrogens with one attached hydrogen (secondary N) is 1. The summed E-state index contributed by atoms with van der Waals surface area (Å²) in [5.74, 6) is -1.50. The summed E-state index contributed by atoms with van der Waals surface area (Å²) in [5, 5.41) is 3.27. The van der Waals surface area contributed by atoms with Crippen LogP contribution in [0.4, 0.5) is 10.1 Å². The molecule has 0 saturated carbocycles. The summed E-state index contributed by atoms with van der Waals surface area (Å²) in [6.45, 7) is 4.80. The highest BCUT2D eigenvalue weighted by atomic mass is 35.5. The van der Waals surface area contributed by atoms with Gasteiger partial charge in [-0.25, -0.2) is 12.8 Å². The lowest BCUT2D eigenvalue weighted by Gasteiger charge is -2.32. The van der Waals surface area contributed by atoms with E-state index in [0.717, 1.165) is 22.7 Å². The number of anilines is 1. The monoisotopic (exact) mass is 497 g/mol. The van der Waals surface area contributed by atoms with Gasteiger partial charge in [0.25, 0.3) is 0 Å². The van der Waals surface area contributed by atoms with Crippen molar-refractivity contribution in [2.24, 2.45) is 0 Å². The van der Waals surface area contributed by atoms with Gasteiger partial charge in [0.2, 0.25) is 21.8 Å². The van der Waals surface area contributed by atoms with Gasteiger partial charge in [-0.05, 0) is 56.2 Å². The highest BCUT2D eigenvalue weighted by Crippen LogP contribution is 2.21. The standard InChI is InChI=1S/C23H29ClFN3O4S/c1-5-16(2)26-23(30)17(3)27(14-18-8-6-7-9-21(18)24)22(29)15-28(33(4,31)32)20-12-10-19(25)11-13-20/h6-13,16-17H,5,14-15H2,1-4H3,(H,26,30)/t16-,17+/m0/s1. The van der Waals surface area contributed by atoms with Crippen molar-refractivity contribution in [3.05, 3.63) is 64.9 Å². The molecule has 180 valence electrons. The average Bonchev–Trinajstić information content (AvgIpc) is 2.76. The van der Waals surface area contributed by atoms with Gasteiger partial charge < -0.3 is 10.2 Å². The van der Waals surface area contributed by atoms with Crippen LogP contribution in [0.2, 0.25) is 5.02 Å². The number of sulfonamides is 1. The molecule has 7 nitrogen and oxygen atoms in total. The molecular weight excluding hydrogens is 469 g/mol. The molecule has 0 aliphatic carbocycles. The van der Waals surface area contributed by atoms with E-state index in [1.54, 1.807) is 31.2 Å². The van der Waals surface area contributed by atoms with Gasteiger partial charge in [-0.1, -0.05) is 36.7 Å². The minimum Gasteiger partial charge on any atom is -0.352 e. The molecule has 1 N–H and O–H groups in total. The second-order valence-electron chi connectivity index (χ2n) is 7.85. The van der Waals surface area contributed by atoms with Gasteiger partial charge in [0.05, 0.1) is 11.9 Å². The van der Waals surface area contributed by atoms with Crippen LogP contribution in [-0.4, -0.2) is 50.0 Å². The van der Waals surface area contributed by atoms with Crippen molar-refractivity contribution in [2.75, 3.05) is 17.1 Å². The molecule has 0 aliphatic rings. The molecule has 0 saturated heterocycles. The fourth-order valence-corrected chi connectivity index (χ4v) is 4.12. The molecule has 2 atom stereocenters. The van der Waals surface area contributed by atoms with E-state index in [9.17, 15) is 22.4 Å². The predicted molar refractivity (Wildman–Crippen MR) is 128 cm³/mol. The lowest BCUT2D eigenvalue weighted by molar-refractivity contribution is -0.139. The second-order valence-corrected chi connectivity index (χ2v) is 10.2. The van der Waals surface area contributed by atoms with Crippen LogP contribution in [0.15, 0.2) is 48.5 Å². The van der Waals surface area contributed by atoms with Gasteiger partial charge in [0.15, 0.2) is 0 Å². The Morgan fingerprint density at radius 1 is 1.09 bits per heavy atom. The quantitative estimate of drug-likeness (QED) is 0.543. The van der Waals surface area contributed by atoms with Gasteiger partial charge in [0, 0.05) is 17.6 Å². The molecule has 2 rings (SSSR count). The summed E-state index contributed by atoms with van der Waals surface area (Å²) in [6, 6.07) is 10.7. The van der Waals surface area contributed by atoms with Crippen LogP contribution in [0.5, 0.6) is 0 Å². The molecule has 0 heterocycles. The maximum atomic E-state index is 13.4. The molecule has 0 aromatic heterocycles. The fraction of sp³-hybridized carbons (Fsp3) is 0.391. The van der Waals surface area contributed by atoms with Crippen molar-refractivity contribution in [2.45, 2.75) is 45.8 Å². The third-order valence-electron chi connectivity index (χ3n) is 5.26. The fourth-order valence-electron chi connectivity index (χ4n) is 3.08. The van der Waals surface area contributed by atoms with Gasteiger partial charge in [0.1, 0.15) is 18.4 Å².